The van der Waals surface area contributed by atoms with Crippen LogP contribution in [0.5, 0.6) is 0 Å². The summed E-state index contributed by atoms with van der Waals surface area (Å²) in [6.45, 7) is 3.01. The van der Waals surface area contributed by atoms with E-state index in [2.05, 4.69) is 28.1 Å². The van der Waals surface area contributed by atoms with Crippen LogP contribution < -0.4 is 5.32 Å². The number of ether oxygens (including phenoxy) is 1. The van der Waals surface area contributed by atoms with Gasteiger partial charge in [-0.1, -0.05) is 28.6 Å². The van der Waals surface area contributed by atoms with Gasteiger partial charge in [-0.3, -0.25) is 0 Å². The number of nitrogens with zero attached hydrogens (tertiary/aromatic N) is 2. The van der Waals surface area contributed by atoms with Gasteiger partial charge in [-0.2, -0.15) is 4.91 Å². The minimum atomic E-state index is -1.61. The van der Waals surface area contributed by atoms with Crippen molar-refractivity contribution in [3.63, 3.8) is 0 Å². The number of carbonyl (C=O) groups excluding carboxylic acids is 1. The predicted molar refractivity (Wildman–Crippen MR) is 86.8 cm³/mol. The average Bonchev–Trinajstić information content (AvgIpc) is 2.87. The number of nitroso groups, excluding NO2 is 1. The first-order valence-electron chi connectivity index (χ1n) is 6.13. The Morgan fingerprint density at radius 3 is 2.67 bits per heavy atom. The first-order valence-corrected chi connectivity index (χ1v) is 7.39. The van der Waals surface area contributed by atoms with Gasteiger partial charge in [0.2, 0.25) is 4.87 Å². The van der Waals surface area contributed by atoms with Crippen molar-refractivity contribution in [1.29, 1.82) is 0 Å². The Hall–Kier alpha value is -1.67. The predicted octanol–water partition coefficient (Wildman–Crippen LogP) is 3.05. The smallest absolute Gasteiger partial charge is 0.344 e. The molecule has 0 saturated carbocycles. The lowest BCUT2D eigenvalue weighted by Crippen LogP contribution is -2.56. The van der Waals surface area contributed by atoms with Gasteiger partial charge < -0.3 is 10.1 Å². The van der Waals surface area contributed by atoms with E-state index in [9.17, 15) is 9.70 Å². The Balaban J connectivity index is 2.43. The van der Waals surface area contributed by atoms with Gasteiger partial charge in [0.05, 0.1) is 17.3 Å². The third-order valence-electron chi connectivity index (χ3n) is 3.18. The molecule has 6 nitrogen and oxygen atoms in total. The minimum Gasteiger partial charge on any atom is -0.467 e. The van der Waals surface area contributed by atoms with Gasteiger partial charge in [0.1, 0.15) is 5.54 Å². The Bertz CT molecular complexity index is 653. The quantitative estimate of drug-likeness (QED) is 0.382. The van der Waals surface area contributed by atoms with Crippen molar-refractivity contribution < 1.29 is 9.53 Å². The fourth-order valence-corrected chi connectivity index (χ4v) is 2.98. The minimum absolute atomic E-state index is 0.466. The van der Waals surface area contributed by atoms with E-state index in [-0.39, 0.29) is 0 Å². The van der Waals surface area contributed by atoms with Crippen molar-refractivity contribution in [1.82, 2.24) is 4.98 Å². The molecule has 8 heteroatoms. The number of hydrogen-bond acceptors (Lipinski definition) is 8. The van der Waals surface area contributed by atoms with Crippen LogP contribution in [0.4, 0.5) is 5.13 Å². The molecule has 0 amide bonds. The molecule has 2 rings (SSSR count). The Labute approximate surface area is 131 Å². The molecule has 0 spiro atoms. The van der Waals surface area contributed by atoms with Crippen LogP contribution in [0.25, 0.3) is 10.2 Å². The molecule has 1 heterocycles. The lowest BCUT2D eigenvalue weighted by atomic mass is 9.95. The summed E-state index contributed by atoms with van der Waals surface area (Å²) in [5, 5.41) is 6.35. The number of aromatic nitrogens is 1. The topological polar surface area (TPSA) is 80.7 Å². The highest BCUT2D eigenvalue weighted by atomic mass is 32.1. The number of para-hydroxylation sites is 1. The van der Waals surface area contributed by atoms with Crippen molar-refractivity contribution in [2.75, 3.05) is 12.4 Å². The molecule has 0 fully saturated rings. The zero-order valence-corrected chi connectivity index (χ0v) is 13.5. The van der Waals surface area contributed by atoms with E-state index in [1.165, 1.54) is 32.3 Å². The molecule has 1 N–H and O–H groups in total. The SMILES string of the molecule is COC(=O)C(S)(Nc1nc2ccccc2s1)C(C)(C)N=O. The molecular formula is C13H15N3O3S2. The summed E-state index contributed by atoms with van der Waals surface area (Å²) in [7, 11) is 1.23. The molecule has 1 atom stereocenters. The second-order valence-electron chi connectivity index (χ2n) is 4.96. The van der Waals surface area contributed by atoms with Gasteiger partial charge in [-0.25, -0.2) is 9.78 Å². The summed E-state index contributed by atoms with van der Waals surface area (Å²) in [5.41, 5.74) is -0.538. The summed E-state index contributed by atoms with van der Waals surface area (Å²) in [4.78, 5) is 25.9. The number of fused-ring (bicyclic) bond motifs is 1. The van der Waals surface area contributed by atoms with Gasteiger partial charge in [0, 0.05) is 0 Å². The van der Waals surface area contributed by atoms with Crippen molar-refractivity contribution in [3.8, 4) is 0 Å². The van der Waals surface area contributed by atoms with Crippen LogP contribution in [-0.2, 0) is 9.53 Å². The fraction of sp³-hybridized carbons (Fsp3) is 0.385. The van der Waals surface area contributed by atoms with Crippen LogP contribution in [0.1, 0.15) is 13.8 Å². The molecule has 2 aromatic rings. The van der Waals surface area contributed by atoms with E-state index in [4.69, 9.17) is 4.74 Å². The molecular weight excluding hydrogens is 310 g/mol. The standard InChI is InChI=1S/C13H15N3O3S2/c1-12(2,16-18)13(20,10(17)19-3)15-11-14-8-6-4-5-7-9(8)21-11/h4-7,20H,1-3H3,(H,14,15). The molecule has 1 aromatic carbocycles. The van der Waals surface area contributed by atoms with E-state index >= 15 is 0 Å². The summed E-state index contributed by atoms with van der Waals surface area (Å²) in [6.07, 6.45) is 0. The molecule has 0 bridgehead atoms. The number of esters is 1. The number of anilines is 1. The third kappa shape index (κ3) is 2.73. The number of methoxy groups -OCH3 is 1. The molecule has 0 aliphatic carbocycles. The zero-order chi connectivity index (χ0) is 15.7. The maximum atomic E-state index is 12.1. The highest BCUT2D eigenvalue weighted by Crippen LogP contribution is 2.37. The fourth-order valence-electron chi connectivity index (χ4n) is 1.75. The number of rotatable bonds is 5. The maximum Gasteiger partial charge on any atom is 0.344 e. The van der Waals surface area contributed by atoms with E-state index < -0.39 is 16.4 Å². The summed E-state index contributed by atoms with van der Waals surface area (Å²) in [5.74, 6) is -0.699. The molecule has 0 saturated heterocycles. The van der Waals surface area contributed by atoms with Crippen LogP contribution in [0, 0.1) is 4.91 Å². The van der Waals surface area contributed by atoms with Crippen LogP contribution in [-0.4, -0.2) is 28.5 Å². The number of benzene rings is 1. The van der Waals surface area contributed by atoms with Gasteiger partial charge in [-0.05, 0) is 26.0 Å². The lowest BCUT2D eigenvalue weighted by Gasteiger charge is -2.35. The summed E-state index contributed by atoms with van der Waals surface area (Å²) in [6, 6.07) is 7.55. The highest BCUT2D eigenvalue weighted by Gasteiger charge is 2.52. The molecule has 112 valence electrons. The normalized spacial score (nSPS) is 14.5. The zero-order valence-electron chi connectivity index (χ0n) is 11.8. The first kappa shape index (κ1) is 15.7. The van der Waals surface area contributed by atoms with Crippen molar-refractivity contribution in [2.24, 2.45) is 5.18 Å². The molecule has 1 unspecified atom stereocenters. The molecule has 0 aliphatic rings. The van der Waals surface area contributed by atoms with Gasteiger partial charge in [-0.15, -0.1) is 12.6 Å². The van der Waals surface area contributed by atoms with Crippen LogP contribution >= 0.6 is 24.0 Å². The molecule has 0 aliphatic heterocycles. The second kappa shape index (κ2) is 5.61. The number of hydrogen-bond donors (Lipinski definition) is 2. The number of thiol groups is 1. The summed E-state index contributed by atoms with van der Waals surface area (Å²) >= 11 is 5.69. The van der Waals surface area contributed by atoms with E-state index in [1.807, 2.05) is 24.3 Å². The monoisotopic (exact) mass is 325 g/mol. The number of carbonyl (C=O) groups is 1. The Morgan fingerprint density at radius 1 is 1.43 bits per heavy atom. The van der Waals surface area contributed by atoms with E-state index in [0.29, 0.717) is 5.13 Å². The average molecular weight is 325 g/mol. The lowest BCUT2D eigenvalue weighted by molar-refractivity contribution is -0.144. The molecule has 1 aromatic heterocycles. The molecule has 0 radical (unpaired) electrons. The van der Waals surface area contributed by atoms with Crippen LogP contribution in [0.15, 0.2) is 29.4 Å². The first-order chi connectivity index (χ1) is 9.84. The van der Waals surface area contributed by atoms with E-state index in [0.717, 1.165) is 10.2 Å². The number of thiazole rings is 1. The van der Waals surface area contributed by atoms with E-state index in [1.54, 1.807) is 0 Å². The second-order valence-corrected chi connectivity index (χ2v) is 6.67. The van der Waals surface area contributed by atoms with Gasteiger partial charge in [0.25, 0.3) is 0 Å². The Morgan fingerprint density at radius 2 is 2.10 bits per heavy atom. The van der Waals surface area contributed by atoms with Crippen molar-refractivity contribution in [2.45, 2.75) is 24.3 Å². The van der Waals surface area contributed by atoms with Crippen LogP contribution in [0.3, 0.4) is 0 Å². The van der Waals surface area contributed by atoms with Gasteiger partial charge in [0.15, 0.2) is 5.13 Å². The number of nitrogens with one attached hydrogen (secondary N) is 1. The van der Waals surface area contributed by atoms with Crippen LogP contribution in [0.2, 0.25) is 0 Å². The van der Waals surface area contributed by atoms with Crippen molar-refractivity contribution >= 4 is 45.3 Å². The maximum absolute atomic E-state index is 12.1. The Kier molecular flexibility index (Phi) is 4.20. The van der Waals surface area contributed by atoms with Crippen molar-refractivity contribution in [3.05, 3.63) is 29.2 Å². The highest BCUT2D eigenvalue weighted by molar-refractivity contribution is 7.83. The third-order valence-corrected chi connectivity index (χ3v) is 4.97. The molecule has 21 heavy (non-hydrogen) atoms. The van der Waals surface area contributed by atoms with Gasteiger partial charge >= 0.3 is 5.97 Å². The largest absolute Gasteiger partial charge is 0.467 e. The summed E-state index contributed by atoms with van der Waals surface area (Å²) < 4.78 is 5.71.